The Morgan fingerprint density at radius 1 is 1.43 bits per heavy atom. The molecule has 0 bridgehead atoms. The van der Waals surface area contributed by atoms with Crippen LogP contribution in [0, 0.1) is 6.92 Å². The van der Waals surface area contributed by atoms with E-state index in [9.17, 15) is 0 Å². The molecule has 78 valence electrons. The molecule has 1 nitrogen and oxygen atoms in total. The first-order valence-electron chi connectivity index (χ1n) is 4.97. The monoisotopic (exact) mass is 212 g/mol. The minimum Gasteiger partial charge on any atom is -0.497 e. The summed E-state index contributed by atoms with van der Waals surface area (Å²) in [5.41, 5.74) is 2.42. The van der Waals surface area contributed by atoms with Gasteiger partial charge in [0.15, 0.2) is 0 Å². The maximum atomic E-state index is 6.27. The summed E-state index contributed by atoms with van der Waals surface area (Å²) >= 11 is 6.27. The molecule has 1 rings (SSSR count). The van der Waals surface area contributed by atoms with Crippen molar-refractivity contribution in [2.45, 2.75) is 32.1 Å². The number of aryl methyl sites for hydroxylation is 1. The minimum absolute atomic E-state index is 0.130. The summed E-state index contributed by atoms with van der Waals surface area (Å²) in [4.78, 5) is 0. The average molecular weight is 213 g/mol. The van der Waals surface area contributed by atoms with Crippen molar-refractivity contribution in [1.29, 1.82) is 0 Å². The molecule has 0 aromatic heterocycles. The van der Waals surface area contributed by atoms with E-state index in [2.05, 4.69) is 19.9 Å². The third-order valence-electron chi connectivity index (χ3n) is 2.36. The van der Waals surface area contributed by atoms with Crippen LogP contribution in [0.4, 0.5) is 0 Å². The molecule has 1 aromatic rings. The lowest BCUT2D eigenvalue weighted by molar-refractivity contribution is 0.414. The van der Waals surface area contributed by atoms with E-state index >= 15 is 0 Å². The number of alkyl halides is 1. The standard InChI is InChI=1S/C12H17ClO/c1-4-5-12(13)11-7-6-10(14-3)8-9(11)2/h6-8,12H,4-5H2,1-3H3. The lowest BCUT2D eigenvalue weighted by Crippen LogP contribution is -1.94. The molecule has 0 fully saturated rings. The van der Waals surface area contributed by atoms with Gasteiger partial charge in [0, 0.05) is 0 Å². The highest BCUT2D eigenvalue weighted by atomic mass is 35.5. The Morgan fingerprint density at radius 2 is 2.14 bits per heavy atom. The van der Waals surface area contributed by atoms with Crippen LogP contribution in [0.25, 0.3) is 0 Å². The Labute approximate surface area is 91.0 Å². The van der Waals surface area contributed by atoms with Gasteiger partial charge in [-0.2, -0.15) is 0 Å². The fourth-order valence-electron chi connectivity index (χ4n) is 1.54. The van der Waals surface area contributed by atoms with Crippen LogP contribution in [0.1, 0.15) is 36.3 Å². The second kappa shape index (κ2) is 5.26. The molecule has 0 heterocycles. The first kappa shape index (κ1) is 11.4. The van der Waals surface area contributed by atoms with E-state index in [0.717, 1.165) is 18.6 Å². The number of hydrogen-bond donors (Lipinski definition) is 0. The van der Waals surface area contributed by atoms with Crippen molar-refractivity contribution >= 4 is 11.6 Å². The summed E-state index contributed by atoms with van der Waals surface area (Å²) in [5.74, 6) is 0.895. The van der Waals surface area contributed by atoms with Crippen molar-refractivity contribution in [3.63, 3.8) is 0 Å². The second-order valence-electron chi connectivity index (χ2n) is 3.48. The van der Waals surface area contributed by atoms with E-state index in [0.29, 0.717) is 0 Å². The van der Waals surface area contributed by atoms with Gasteiger partial charge in [0.25, 0.3) is 0 Å². The molecule has 0 saturated heterocycles. The summed E-state index contributed by atoms with van der Waals surface area (Å²) in [6.07, 6.45) is 2.13. The molecular weight excluding hydrogens is 196 g/mol. The predicted molar refractivity (Wildman–Crippen MR) is 61.2 cm³/mol. The highest BCUT2D eigenvalue weighted by molar-refractivity contribution is 6.20. The van der Waals surface area contributed by atoms with Crippen molar-refractivity contribution in [2.75, 3.05) is 7.11 Å². The summed E-state index contributed by atoms with van der Waals surface area (Å²) in [6, 6.07) is 6.05. The molecule has 1 aromatic carbocycles. The highest BCUT2D eigenvalue weighted by Gasteiger charge is 2.09. The average Bonchev–Trinajstić information content (AvgIpc) is 2.17. The van der Waals surface area contributed by atoms with Gasteiger partial charge in [0.2, 0.25) is 0 Å². The molecule has 0 aliphatic heterocycles. The normalized spacial score (nSPS) is 12.6. The lowest BCUT2D eigenvalue weighted by atomic mass is 10.0. The van der Waals surface area contributed by atoms with Gasteiger partial charge in [-0.1, -0.05) is 19.4 Å². The zero-order valence-electron chi connectivity index (χ0n) is 9.01. The Hall–Kier alpha value is -0.690. The van der Waals surface area contributed by atoms with Crippen molar-refractivity contribution in [2.24, 2.45) is 0 Å². The van der Waals surface area contributed by atoms with Crippen molar-refractivity contribution in [3.05, 3.63) is 29.3 Å². The molecule has 14 heavy (non-hydrogen) atoms. The van der Waals surface area contributed by atoms with Gasteiger partial charge in [-0.05, 0) is 36.6 Å². The highest BCUT2D eigenvalue weighted by Crippen LogP contribution is 2.30. The lowest BCUT2D eigenvalue weighted by Gasteiger charge is -2.12. The number of rotatable bonds is 4. The molecule has 0 saturated carbocycles. The summed E-state index contributed by atoms with van der Waals surface area (Å²) < 4.78 is 5.15. The zero-order valence-corrected chi connectivity index (χ0v) is 9.77. The third kappa shape index (κ3) is 2.65. The molecule has 0 aliphatic carbocycles. The first-order valence-corrected chi connectivity index (χ1v) is 5.41. The Kier molecular flexibility index (Phi) is 4.27. The maximum Gasteiger partial charge on any atom is 0.119 e. The minimum atomic E-state index is 0.130. The molecule has 0 aliphatic rings. The Balaban J connectivity index is 2.88. The van der Waals surface area contributed by atoms with Crippen LogP contribution < -0.4 is 4.74 Å². The largest absolute Gasteiger partial charge is 0.497 e. The van der Waals surface area contributed by atoms with Crippen LogP contribution in [0.2, 0.25) is 0 Å². The molecule has 0 radical (unpaired) electrons. The van der Waals surface area contributed by atoms with Crippen molar-refractivity contribution in [3.8, 4) is 5.75 Å². The zero-order chi connectivity index (χ0) is 10.6. The van der Waals surface area contributed by atoms with E-state index in [4.69, 9.17) is 16.3 Å². The van der Waals surface area contributed by atoms with E-state index in [1.165, 1.54) is 11.1 Å². The van der Waals surface area contributed by atoms with Crippen LogP contribution in [0.15, 0.2) is 18.2 Å². The maximum absolute atomic E-state index is 6.27. The van der Waals surface area contributed by atoms with Crippen LogP contribution in [-0.4, -0.2) is 7.11 Å². The molecule has 2 heteroatoms. The van der Waals surface area contributed by atoms with E-state index in [1.807, 2.05) is 12.1 Å². The smallest absolute Gasteiger partial charge is 0.119 e. The van der Waals surface area contributed by atoms with Gasteiger partial charge in [-0.15, -0.1) is 11.6 Å². The van der Waals surface area contributed by atoms with Gasteiger partial charge in [0.05, 0.1) is 12.5 Å². The van der Waals surface area contributed by atoms with Crippen LogP contribution >= 0.6 is 11.6 Å². The van der Waals surface area contributed by atoms with Crippen LogP contribution in [0.3, 0.4) is 0 Å². The number of benzene rings is 1. The summed E-state index contributed by atoms with van der Waals surface area (Å²) in [5, 5.41) is 0.130. The number of hydrogen-bond acceptors (Lipinski definition) is 1. The molecule has 0 amide bonds. The fraction of sp³-hybridized carbons (Fsp3) is 0.500. The van der Waals surface area contributed by atoms with Gasteiger partial charge in [0.1, 0.15) is 5.75 Å². The first-order chi connectivity index (χ1) is 6.69. The summed E-state index contributed by atoms with van der Waals surface area (Å²) in [6.45, 7) is 4.22. The fourth-order valence-corrected chi connectivity index (χ4v) is 2.00. The van der Waals surface area contributed by atoms with Crippen LogP contribution in [-0.2, 0) is 0 Å². The van der Waals surface area contributed by atoms with Gasteiger partial charge in [-0.25, -0.2) is 0 Å². The second-order valence-corrected chi connectivity index (χ2v) is 4.01. The number of halogens is 1. The number of ether oxygens (including phenoxy) is 1. The predicted octanol–water partition coefficient (Wildman–Crippen LogP) is 4.08. The van der Waals surface area contributed by atoms with E-state index < -0.39 is 0 Å². The van der Waals surface area contributed by atoms with Crippen LogP contribution in [0.5, 0.6) is 5.75 Å². The molecular formula is C12H17ClO. The summed E-state index contributed by atoms with van der Waals surface area (Å²) in [7, 11) is 1.68. The molecule has 1 unspecified atom stereocenters. The van der Waals surface area contributed by atoms with Gasteiger partial charge in [-0.3, -0.25) is 0 Å². The topological polar surface area (TPSA) is 9.23 Å². The van der Waals surface area contributed by atoms with E-state index in [-0.39, 0.29) is 5.38 Å². The van der Waals surface area contributed by atoms with Crippen molar-refractivity contribution in [1.82, 2.24) is 0 Å². The third-order valence-corrected chi connectivity index (χ3v) is 2.81. The number of methoxy groups -OCH3 is 1. The molecule has 0 N–H and O–H groups in total. The van der Waals surface area contributed by atoms with Gasteiger partial charge < -0.3 is 4.74 Å². The Morgan fingerprint density at radius 3 is 2.64 bits per heavy atom. The molecule has 0 spiro atoms. The Bertz CT molecular complexity index is 296. The van der Waals surface area contributed by atoms with Crippen molar-refractivity contribution < 1.29 is 4.74 Å². The SMILES string of the molecule is CCCC(Cl)c1ccc(OC)cc1C. The molecule has 1 atom stereocenters. The quantitative estimate of drug-likeness (QED) is 0.684. The van der Waals surface area contributed by atoms with E-state index in [1.54, 1.807) is 7.11 Å². The van der Waals surface area contributed by atoms with Gasteiger partial charge >= 0.3 is 0 Å².